The van der Waals surface area contributed by atoms with Crippen molar-refractivity contribution in [2.24, 2.45) is 23.3 Å². The normalized spacial score (nSPS) is 23.9. The summed E-state index contributed by atoms with van der Waals surface area (Å²) in [4.78, 5) is 173. The van der Waals surface area contributed by atoms with E-state index in [2.05, 4.69) is 47.9 Å². The van der Waals surface area contributed by atoms with E-state index < -0.39 is 157 Å². The van der Waals surface area contributed by atoms with E-state index in [1.165, 1.54) is 29.2 Å². The number of rotatable bonds is 19. The molecule has 2 aliphatic heterocycles. The van der Waals surface area contributed by atoms with Crippen LogP contribution in [0.2, 0.25) is 0 Å². The monoisotopic (exact) mass is 1270 g/mol. The SMILES string of the molecule is CC(C)C[C@@H]1NC(=O)[C@H](CCCN)NC(=O)[C@H](C(C)C)NC(=O)[C@H](Cc2ccc(O)cc2)NC(=O)[C@H](CCC(=O)O)NC(=O)[C@H](CC(N)=O)NC(=O)[C@@H](Cc2ccccc2)NC(=O)[C@H](Cc2ccccc2)NC(=O)[C@@H]2CCCN2C(=O)[C@@H](Cc2ccccc2)NC1=O. The van der Waals surface area contributed by atoms with Crippen LogP contribution in [0.4, 0.5) is 0 Å². The van der Waals surface area contributed by atoms with Gasteiger partial charge in [0.1, 0.15) is 66.2 Å². The fourth-order valence-corrected chi connectivity index (χ4v) is 10.9. The maximum atomic E-state index is 15.1. The number of carboxylic acids is 1. The van der Waals surface area contributed by atoms with Gasteiger partial charge in [0.25, 0.3) is 0 Å². The number of fused-ring (bicyclic) bond motifs is 1. The zero-order valence-electron chi connectivity index (χ0n) is 52.2. The van der Waals surface area contributed by atoms with Gasteiger partial charge >= 0.3 is 5.97 Å². The van der Waals surface area contributed by atoms with Crippen molar-refractivity contribution in [2.45, 2.75) is 165 Å². The lowest BCUT2D eigenvalue weighted by atomic mass is 9.99. The number of carbonyl (C=O) groups is 12. The average molecular weight is 1270 g/mol. The molecule has 4 aromatic rings. The van der Waals surface area contributed by atoms with E-state index in [-0.39, 0.29) is 76.1 Å². The van der Waals surface area contributed by atoms with Crippen LogP contribution in [0.15, 0.2) is 115 Å². The summed E-state index contributed by atoms with van der Waals surface area (Å²) in [6.45, 7) is 7.00. The molecule has 15 N–H and O–H groups in total. The number of hydrogen-bond donors (Lipinski definition) is 13. The van der Waals surface area contributed by atoms with E-state index in [4.69, 9.17) is 11.5 Å². The van der Waals surface area contributed by atoms with Crippen LogP contribution in [0.5, 0.6) is 5.75 Å². The number of nitrogens with one attached hydrogen (secondary N) is 9. The zero-order chi connectivity index (χ0) is 67.0. The van der Waals surface area contributed by atoms with E-state index in [1.807, 2.05) is 13.8 Å². The highest BCUT2D eigenvalue weighted by atomic mass is 16.4. The number of aromatic hydroxyl groups is 1. The predicted octanol–water partition coefficient (Wildman–Crippen LogP) is 0.212. The van der Waals surface area contributed by atoms with Gasteiger partial charge in [-0.1, -0.05) is 131 Å². The third-order valence-electron chi connectivity index (χ3n) is 15.8. The van der Waals surface area contributed by atoms with Gasteiger partial charge in [-0.2, -0.15) is 0 Å². The van der Waals surface area contributed by atoms with Crippen LogP contribution < -0.4 is 59.3 Å². The molecule has 0 bridgehead atoms. The molecule has 4 aromatic carbocycles. The predicted molar refractivity (Wildman–Crippen MR) is 338 cm³/mol. The molecule has 10 atom stereocenters. The Bertz CT molecular complexity index is 3210. The summed E-state index contributed by atoms with van der Waals surface area (Å²) >= 11 is 0. The zero-order valence-corrected chi connectivity index (χ0v) is 52.2. The number of benzene rings is 4. The van der Waals surface area contributed by atoms with E-state index in [0.29, 0.717) is 28.7 Å². The average Bonchev–Trinajstić information content (AvgIpc) is 1.56. The lowest BCUT2D eigenvalue weighted by molar-refractivity contribution is -0.142. The number of phenolic OH excluding ortho intramolecular Hbond substituents is 1. The van der Waals surface area contributed by atoms with Crippen LogP contribution in [0.3, 0.4) is 0 Å². The highest BCUT2D eigenvalue weighted by molar-refractivity contribution is 6.00. The fraction of sp³-hybridized carbons (Fsp3) is 0.455. The molecule has 11 amide bonds. The van der Waals surface area contributed by atoms with Crippen molar-refractivity contribution >= 4 is 70.9 Å². The molecular formula is C66H86N12O14. The highest BCUT2D eigenvalue weighted by Gasteiger charge is 2.42. The standard InChI is InChI=1S/C66H86N12O14/c1-38(2)32-47-59(85)76-52(36-42-20-12-7-13-21-42)66(92)78-31-15-23-53(78)64(90)75-49(34-41-18-10-6-11-19-41)61(87)73-48(33-40-16-8-5-9-17-40)60(86)74-51(37-54(68)80)62(88)69-46(28-29-55(81)82)58(84)72-50(35-43-24-26-44(79)27-25-43)63(89)77-56(39(3)4)65(91)70-45(22-14-30-67)57(83)71-47/h5-13,16-21,24-27,38-39,45-53,56,79H,14-15,22-23,28-37,67H2,1-4H3,(H2,68,80)(H,69,88)(H,70,91)(H,71,83)(H,72,84)(H,73,87)(H,74,86)(H,75,90)(H,76,85)(H,77,89)(H,81,82)/t45-,46-,47-,48+,49-,50-,51-,52+,53-,56-/m0/s1. The van der Waals surface area contributed by atoms with Crippen LogP contribution in [-0.2, 0) is 83.2 Å². The minimum Gasteiger partial charge on any atom is -0.508 e. The molecule has 0 radical (unpaired) electrons. The molecule has 2 aliphatic rings. The molecule has 2 heterocycles. The topological polar surface area (TPSA) is 409 Å². The Labute approximate surface area is 534 Å². The first-order valence-corrected chi connectivity index (χ1v) is 31.0. The largest absolute Gasteiger partial charge is 0.508 e. The first-order valence-electron chi connectivity index (χ1n) is 31.0. The van der Waals surface area contributed by atoms with Crippen molar-refractivity contribution in [3.05, 3.63) is 138 Å². The Hall–Kier alpha value is -9.72. The number of nitrogens with two attached hydrogens (primary N) is 2. The maximum Gasteiger partial charge on any atom is 0.303 e. The number of phenols is 1. The quantitative estimate of drug-likeness (QED) is 0.0597. The molecular weight excluding hydrogens is 1180 g/mol. The van der Waals surface area contributed by atoms with Crippen LogP contribution in [0, 0.1) is 11.8 Å². The Morgan fingerprint density at radius 3 is 1.36 bits per heavy atom. The minimum atomic E-state index is -1.88. The Balaban J connectivity index is 1.46. The summed E-state index contributed by atoms with van der Waals surface area (Å²) in [5.41, 5.74) is 13.7. The van der Waals surface area contributed by atoms with Crippen molar-refractivity contribution < 1.29 is 67.7 Å². The molecule has 92 heavy (non-hydrogen) atoms. The summed E-state index contributed by atoms with van der Waals surface area (Å²) in [5, 5.41) is 44.0. The van der Waals surface area contributed by atoms with Crippen molar-refractivity contribution in [2.75, 3.05) is 13.1 Å². The Morgan fingerprint density at radius 1 is 0.489 bits per heavy atom. The molecule has 2 fully saturated rings. The third kappa shape index (κ3) is 22.0. The highest BCUT2D eigenvalue weighted by Crippen LogP contribution is 2.22. The summed E-state index contributed by atoms with van der Waals surface area (Å²) in [7, 11) is 0. The smallest absolute Gasteiger partial charge is 0.303 e. The molecule has 26 heteroatoms. The van der Waals surface area contributed by atoms with Gasteiger partial charge in [-0.25, -0.2) is 0 Å². The van der Waals surface area contributed by atoms with Crippen molar-refractivity contribution in [1.29, 1.82) is 0 Å². The van der Waals surface area contributed by atoms with E-state index in [9.17, 15) is 63.0 Å². The summed E-state index contributed by atoms with van der Waals surface area (Å²) in [6, 6.07) is 16.6. The molecule has 2 saturated heterocycles. The van der Waals surface area contributed by atoms with E-state index in [0.717, 1.165) is 0 Å². The Morgan fingerprint density at radius 2 is 0.880 bits per heavy atom. The molecule has 0 saturated carbocycles. The summed E-state index contributed by atoms with van der Waals surface area (Å²) < 4.78 is 0. The van der Waals surface area contributed by atoms with Crippen LogP contribution >= 0.6 is 0 Å². The number of carboxylic acid groups (broad SMARTS) is 1. The number of hydrogen-bond acceptors (Lipinski definition) is 14. The lowest BCUT2D eigenvalue weighted by Gasteiger charge is -2.32. The lowest BCUT2D eigenvalue weighted by Crippen LogP contribution is -2.62. The van der Waals surface area contributed by atoms with Gasteiger partial charge in [-0.05, 0) is 91.3 Å². The molecule has 0 aromatic heterocycles. The van der Waals surface area contributed by atoms with Crippen molar-refractivity contribution in [3.63, 3.8) is 0 Å². The van der Waals surface area contributed by atoms with Crippen LogP contribution in [0.1, 0.15) is 101 Å². The number of nitrogens with zero attached hydrogens (tertiary/aromatic N) is 1. The van der Waals surface area contributed by atoms with Crippen LogP contribution in [0.25, 0.3) is 0 Å². The molecule has 0 unspecified atom stereocenters. The minimum absolute atomic E-state index is 0.0362. The summed E-state index contributed by atoms with van der Waals surface area (Å²) in [6.07, 6.45) is -2.21. The first kappa shape index (κ1) is 71.4. The second-order valence-corrected chi connectivity index (χ2v) is 24.0. The van der Waals surface area contributed by atoms with Crippen LogP contribution in [-0.4, -0.2) is 160 Å². The third-order valence-corrected chi connectivity index (χ3v) is 15.8. The number of carbonyl (C=O) groups excluding carboxylic acids is 11. The van der Waals surface area contributed by atoms with Gasteiger partial charge in [-0.15, -0.1) is 0 Å². The van der Waals surface area contributed by atoms with Crippen molar-refractivity contribution in [3.8, 4) is 5.75 Å². The Kier molecular flexibility index (Phi) is 27.2. The maximum absolute atomic E-state index is 15.1. The van der Waals surface area contributed by atoms with Gasteiger partial charge in [0.15, 0.2) is 0 Å². The van der Waals surface area contributed by atoms with E-state index >= 15 is 4.79 Å². The molecule has 494 valence electrons. The number of primary amides is 1. The fourth-order valence-electron chi connectivity index (χ4n) is 10.9. The number of amides is 11. The first-order chi connectivity index (χ1) is 43.9. The van der Waals surface area contributed by atoms with Gasteiger partial charge in [-0.3, -0.25) is 57.5 Å². The van der Waals surface area contributed by atoms with Gasteiger partial charge in [0, 0.05) is 38.6 Å². The van der Waals surface area contributed by atoms with E-state index in [1.54, 1.807) is 105 Å². The second kappa shape index (κ2) is 35.0. The summed E-state index contributed by atoms with van der Waals surface area (Å²) in [5.74, 6) is -12.5. The van der Waals surface area contributed by atoms with Gasteiger partial charge < -0.3 is 74.4 Å². The van der Waals surface area contributed by atoms with Gasteiger partial charge in [0.2, 0.25) is 65.0 Å². The molecule has 0 aliphatic carbocycles. The second-order valence-electron chi connectivity index (χ2n) is 24.0. The van der Waals surface area contributed by atoms with Crippen molar-refractivity contribution in [1.82, 2.24) is 52.8 Å². The van der Waals surface area contributed by atoms with Gasteiger partial charge in [0.05, 0.1) is 6.42 Å². The molecule has 0 spiro atoms. The number of aliphatic carboxylic acids is 1. The molecule has 6 rings (SSSR count). The molecule has 26 nitrogen and oxygen atoms in total.